The Morgan fingerprint density at radius 3 is 2.52 bits per heavy atom. The largest absolute Gasteiger partial charge is 0.465 e. The van der Waals surface area contributed by atoms with E-state index in [1.54, 1.807) is 6.07 Å². The van der Waals surface area contributed by atoms with Gasteiger partial charge in [-0.3, -0.25) is 10.1 Å². The fourth-order valence-corrected chi connectivity index (χ4v) is 1.90. The van der Waals surface area contributed by atoms with E-state index >= 15 is 0 Å². The predicted molar refractivity (Wildman–Crippen MR) is 85.2 cm³/mol. The molecule has 0 radical (unpaired) electrons. The highest BCUT2D eigenvalue weighted by atomic mass is 19.1. The summed E-state index contributed by atoms with van der Waals surface area (Å²) in [6, 6.07) is 10.6. The summed E-state index contributed by atoms with van der Waals surface area (Å²) in [5.41, 5.74) is -0.427. The zero-order valence-electron chi connectivity index (χ0n) is 12.9. The summed E-state index contributed by atoms with van der Waals surface area (Å²) < 4.78 is 22.7. The third-order valence-corrected chi connectivity index (χ3v) is 3.06. The number of carbonyl (C=O) groups excluding carboxylic acids is 1. The van der Waals surface area contributed by atoms with Crippen molar-refractivity contribution in [1.29, 1.82) is 5.26 Å². The lowest BCUT2D eigenvalue weighted by Gasteiger charge is -2.07. The summed E-state index contributed by atoms with van der Waals surface area (Å²) in [6.45, 7) is 0. The van der Waals surface area contributed by atoms with Crippen molar-refractivity contribution in [3.05, 3.63) is 69.5 Å². The van der Waals surface area contributed by atoms with Crippen LogP contribution < -0.4 is 4.74 Å². The Hall–Kier alpha value is -3.73. The molecule has 8 heteroatoms. The number of carbonyl (C=O) groups is 1. The van der Waals surface area contributed by atoms with Gasteiger partial charge in [0.25, 0.3) is 0 Å². The molecular formula is C17H11FN2O5. The highest BCUT2D eigenvalue weighted by molar-refractivity contribution is 5.97. The van der Waals surface area contributed by atoms with Crippen LogP contribution in [-0.4, -0.2) is 18.0 Å². The first-order chi connectivity index (χ1) is 11.9. The molecule has 2 aromatic rings. The van der Waals surface area contributed by atoms with Crippen LogP contribution in [0.4, 0.5) is 10.1 Å². The minimum Gasteiger partial charge on any atom is -0.465 e. The second-order valence-corrected chi connectivity index (χ2v) is 4.70. The molecule has 0 aliphatic rings. The summed E-state index contributed by atoms with van der Waals surface area (Å²) in [6.07, 6.45) is 1.17. The molecule has 25 heavy (non-hydrogen) atoms. The van der Waals surface area contributed by atoms with Gasteiger partial charge in [-0.15, -0.1) is 0 Å². The van der Waals surface area contributed by atoms with Crippen LogP contribution in [0.15, 0.2) is 48.0 Å². The number of ether oxygens (including phenoxy) is 2. The number of nitro groups is 1. The molecule has 0 aromatic heterocycles. The van der Waals surface area contributed by atoms with Gasteiger partial charge in [-0.05, 0) is 42.0 Å². The molecule has 0 saturated carbocycles. The fraction of sp³-hybridized carbons (Fsp3) is 0.0588. The number of hydrogen-bond donors (Lipinski definition) is 0. The van der Waals surface area contributed by atoms with Crippen molar-refractivity contribution in [2.45, 2.75) is 0 Å². The van der Waals surface area contributed by atoms with Gasteiger partial charge in [-0.2, -0.15) is 5.26 Å². The first-order valence-corrected chi connectivity index (χ1v) is 6.86. The van der Waals surface area contributed by atoms with Crippen molar-refractivity contribution in [3.8, 4) is 17.6 Å². The third-order valence-electron chi connectivity index (χ3n) is 3.06. The van der Waals surface area contributed by atoms with E-state index in [4.69, 9.17) is 10.00 Å². The Bertz CT molecular complexity index is 885. The number of nitriles is 1. The highest BCUT2D eigenvalue weighted by Gasteiger charge is 2.17. The molecule has 0 heterocycles. The molecule has 126 valence electrons. The molecular weight excluding hydrogens is 331 g/mol. The van der Waals surface area contributed by atoms with E-state index in [0.717, 1.165) is 25.3 Å². The lowest BCUT2D eigenvalue weighted by molar-refractivity contribution is -0.385. The summed E-state index contributed by atoms with van der Waals surface area (Å²) in [4.78, 5) is 22.0. The van der Waals surface area contributed by atoms with Gasteiger partial charge < -0.3 is 9.47 Å². The van der Waals surface area contributed by atoms with Crippen molar-refractivity contribution >= 4 is 17.7 Å². The smallest absolute Gasteiger partial charge is 0.348 e. The first kappa shape index (κ1) is 17.6. The quantitative estimate of drug-likeness (QED) is 0.270. The maximum atomic E-state index is 12.9. The van der Waals surface area contributed by atoms with Crippen molar-refractivity contribution in [1.82, 2.24) is 0 Å². The van der Waals surface area contributed by atoms with Gasteiger partial charge in [-0.25, -0.2) is 9.18 Å². The maximum Gasteiger partial charge on any atom is 0.348 e. The molecule has 0 atom stereocenters. The fourth-order valence-electron chi connectivity index (χ4n) is 1.90. The highest BCUT2D eigenvalue weighted by Crippen LogP contribution is 2.32. The summed E-state index contributed by atoms with van der Waals surface area (Å²) in [7, 11) is 1.12. The van der Waals surface area contributed by atoms with Crippen LogP contribution in [-0.2, 0) is 9.53 Å². The van der Waals surface area contributed by atoms with Crippen LogP contribution in [0.3, 0.4) is 0 Å². The van der Waals surface area contributed by atoms with Gasteiger partial charge in [0.1, 0.15) is 23.2 Å². The van der Waals surface area contributed by atoms with Crippen LogP contribution >= 0.6 is 0 Å². The minimum absolute atomic E-state index is 0.0645. The van der Waals surface area contributed by atoms with Gasteiger partial charge in [0.15, 0.2) is 0 Å². The number of nitrogens with zero attached hydrogens (tertiary/aromatic N) is 2. The average Bonchev–Trinajstić information content (AvgIpc) is 2.61. The number of rotatable bonds is 5. The predicted octanol–water partition coefficient (Wildman–Crippen LogP) is 3.61. The molecule has 0 saturated heterocycles. The number of methoxy groups -OCH3 is 1. The molecule has 0 N–H and O–H groups in total. The van der Waals surface area contributed by atoms with Gasteiger partial charge in [0.2, 0.25) is 5.75 Å². The molecule has 0 bridgehead atoms. The molecule has 2 aromatic carbocycles. The van der Waals surface area contributed by atoms with Crippen LogP contribution in [0, 0.1) is 27.3 Å². The van der Waals surface area contributed by atoms with E-state index in [1.165, 1.54) is 30.3 Å². The Kier molecular flexibility index (Phi) is 5.43. The lowest BCUT2D eigenvalue weighted by atomic mass is 10.1. The number of benzene rings is 2. The van der Waals surface area contributed by atoms with Crippen LogP contribution in [0.25, 0.3) is 6.08 Å². The molecule has 0 spiro atoms. The Balaban J connectivity index is 2.39. The Labute approximate surface area is 141 Å². The third kappa shape index (κ3) is 4.39. The molecule has 0 amide bonds. The Morgan fingerprint density at radius 2 is 1.96 bits per heavy atom. The number of hydrogen-bond acceptors (Lipinski definition) is 6. The first-order valence-electron chi connectivity index (χ1n) is 6.86. The minimum atomic E-state index is -0.850. The van der Waals surface area contributed by atoms with Crippen molar-refractivity contribution < 1.29 is 23.6 Å². The summed E-state index contributed by atoms with van der Waals surface area (Å²) >= 11 is 0. The monoisotopic (exact) mass is 342 g/mol. The normalized spacial score (nSPS) is 10.7. The second-order valence-electron chi connectivity index (χ2n) is 4.70. The van der Waals surface area contributed by atoms with Crippen LogP contribution in [0.1, 0.15) is 5.56 Å². The van der Waals surface area contributed by atoms with Gasteiger partial charge >= 0.3 is 11.7 Å². The standard InChI is InChI=1S/C17H11FN2O5/c1-24-17(21)12(10-19)8-11-2-7-16(15(9-11)20(22)23)25-14-5-3-13(18)4-6-14/h2-9H,1H3/b12-8+. The van der Waals surface area contributed by atoms with E-state index in [2.05, 4.69) is 4.74 Å². The molecule has 0 unspecified atom stereocenters. The molecule has 0 fully saturated rings. The van der Waals surface area contributed by atoms with Crippen molar-refractivity contribution in [3.63, 3.8) is 0 Å². The molecule has 7 nitrogen and oxygen atoms in total. The van der Waals surface area contributed by atoms with Gasteiger partial charge in [0, 0.05) is 6.07 Å². The molecule has 0 aliphatic heterocycles. The number of halogens is 1. The second kappa shape index (κ2) is 7.70. The lowest BCUT2D eigenvalue weighted by Crippen LogP contribution is -2.02. The van der Waals surface area contributed by atoms with Gasteiger partial charge in [-0.1, -0.05) is 6.07 Å². The Morgan fingerprint density at radius 1 is 1.28 bits per heavy atom. The molecule has 0 aliphatic carbocycles. The van der Waals surface area contributed by atoms with Crippen molar-refractivity contribution in [2.24, 2.45) is 0 Å². The zero-order valence-corrected chi connectivity index (χ0v) is 12.9. The van der Waals surface area contributed by atoms with E-state index in [-0.39, 0.29) is 28.3 Å². The van der Waals surface area contributed by atoms with E-state index in [9.17, 15) is 19.3 Å². The van der Waals surface area contributed by atoms with Crippen LogP contribution in [0.5, 0.6) is 11.5 Å². The van der Waals surface area contributed by atoms with E-state index in [0.29, 0.717) is 0 Å². The van der Waals surface area contributed by atoms with Gasteiger partial charge in [0.05, 0.1) is 12.0 Å². The summed E-state index contributed by atoms with van der Waals surface area (Å²) in [5, 5.41) is 20.2. The van der Waals surface area contributed by atoms with E-state index < -0.39 is 16.7 Å². The topological polar surface area (TPSA) is 102 Å². The number of nitro benzene ring substituents is 1. The maximum absolute atomic E-state index is 12.9. The average molecular weight is 342 g/mol. The van der Waals surface area contributed by atoms with E-state index in [1.807, 2.05) is 0 Å². The van der Waals surface area contributed by atoms with Crippen LogP contribution in [0.2, 0.25) is 0 Å². The molecule has 2 rings (SSSR count). The summed E-state index contributed by atoms with van der Waals surface area (Å²) in [5.74, 6) is -1.16. The van der Waals surface area contributed by atoms with Crippen molar-refractivity contribution in [2.75, 3.05) is 7.11 Å². The number of esters is 1. The zero-order chi connectivity index (χ0) is 18.4. The SMILES string of the molecule is COC(=O)/C(C#N)=C/c1ccc(Oc2ccc(F)cc2)c([N+](=O)[O-])c1.